The fraction of sp³-hybridized carbons (Fsp3) is 0.429. The van der Waals surface area contributed by atoms with Crippen LogP contribution < -0.4 is 0 Å². The fourth-order valence-electron chi connectivity index (χ4n) is 5.32. The molecule has 2 nitrogen and oxygen atoms in total. The van der Waals surface area contributed by atoms with Gasteiger partial charge in [-0.3, -0.25) is 0 Å². The highest BCUT2D eigenvalue weighted by Crippen LogP contribution is 2.30. The molecule has 196 valence electrons. The van der Waals surface area contributed by atoms with Crippen molar-refractivity contribution in [3.8, 4) is 0 Å². The van der Waals surface area contributed by atoms with Crippen molar-refractivity contribution in [1.29, 1.82) is 0 Å². The van der Waals surface area contributed by atoms with Crippen LogP contribution in [-0.2, 0) is 0 Å². The molecule has 0 aliphatic heterocycles. The van der Waals surface area contributed by atoms with Crippen LogP contribution in [-0.4, -0.2) is 6.54 Å². The molecule has 0 radical (unpaired) electrons. The van der Waals surface area contributed by atoms with E-state index >= 15 is 0 Å². The molecule has 0 saturated heterocycles. The molecule has 0 amide bonds. The lowest BCUT2D eigenvalue weighted by atomic mass is 9.86. The molecule has 0 aromatic heterocycles. The molecule has 0 saturated carbocycles. The number of nitroso groups, excluding NO2 is 1. The molecule has 37 heavy (non-hydrogen) atoms. The summed E-state index contributed by atoms with van der Waals surface area (Å²) in [5, 5.41) is 3.16. The van der Waals surface area contributed by atoms with Gasteiger partial charge in [-0.1, -0.05) is 129 Å². The van der Waals surface area contributed by atoms with Crippen molar-refractivity contribution in [3.05, 3.63) is 124 Å². The van der Waals surface area contributed by atoms with Gasteiger partial charge in [0.2, 0.25) is 0 Å². The standard InChI is InChI=1S/C35H45NO/c1-30-18-8-7-13-23-33-25-16-17-27-35(30)34(28-29-36-37)26-12-4-2-3-9-19-31-20-10-5-6-11-22-32(33)24-15-14-21-31/h2-4,9,12,14-17,19,21,24-27,30H,5-8,10-11,13,18,20,22-23,28-29H2,1H3/b3-2+,4-2?,9-3?,12-4+,15-14-,17-16-,19-9-,21-14?,24-15?,25-16?,26-12?,27-17?,31-19?,31-21-,32-24+,33-25+,33-32?,34-26-,35-27+,35-34?. The SMILES string of the molecule is CC1CCCCCC2=C\C=C/C=C1/C(CCN=O)=C\C=C\C=C\C=C/C1=C/C=C\C=C\2CCCCCC1. The summed E-state index contributed by atoms with van der Waals surface area (Å²) in [5.74, 6) is 0.450. The first-order valence-electron chi connectivity index (χ1n) is 14.4. The fourth-order valence-corrected chi connectivity index (χ4v) is 5.32. The van der Waals surface area contributed by atoms with Crippen molar-refractivity contribution in [1.82, 2.24) is 0 Å². The van der Waals surface area contributed by atoms with Crippen LogP contribution in [0.5, 0.6) is 0 Å². The molecule has 4 bridgehead atoms. The molecule has 0 aromatic rings. The Morgan fingerprint density at radius 2 is 1.24 bits per heavy atom. The number of fused-ring (bicyclic) bond motifs is 5. The molecular formula is C35H45NO. The van der Waals surface area contributed by atoms with Crippen molar-refractivity contribution in [2.75, 3.05) is 6.54 Å². The Morgan fingerprint density at radius 1 is 0.649 bits per heavy atom. The first kappa shape index (κ1) is 28.6. The first-order valence-corrected chi connectivity index (χ1v) is 14.4. The Bertz CT molecular complexity index is 1040. The van der Waals surface area contributed by atoms with E-state index in [0.717, 1.165) is 19.3 Å². The summed E-state index contributed by atoms with van der Waals surface area (Å²) < 4.78 is 0. The van der Waals surface area contributed by atoms with Gasteiger partial charge in [0, 0.05) is 0 Å². The molecule has 0 heterocycles. The Kier molecular flexibility index (Phi) is 13.5. The van der Waals surface area contributed by atoms with Crippen LogP contribution in [0.3, 0.4) is 0 Å². The van der Waals surface area contributed by atoms with Crippen molar-refractivity contribution in [2.24, 2.45) is 11.1 Å². The molecule has 2 heteroatoms. The van der Waals surface area contributed by atoms with E-state index in [0.29, 0.717) is 18.9 Å². The predicted octanol–water partition coefficient (Wildman–Crippen LogP) is 10.5. The van der Waals surface area contributed by atoms with Gasteiger partial charge in [0.05, 0.1) is 6.54 Å². The van der Waals surface area contributed by atoms with Gasteiger partial charge in [0.25, 0.3) is 0 Å². The molecule has 0 fully saturated rings. The number of hydrogen-bond acceptors (Lipinski definition) is 2. The number of rotatable bonds is 3. The Balaban J connectivity index is 2.08. The van der Waals surface area contributed by atoms with Crippen LogP contribution in [0.4, 0.5) is 0 Å². The monoisotopic (exact) mass is 495 g/mol. The van der Waals surface area contributed by atoms with E-state index in [9.17, 15) is 4.91 Å². The maximum atomic E-state index is 11.0. The summed E-state index contributed by atoms with van der Waals surface area (Å²) in [4.78, 5) is 11.0. The van der Waals surface area contributed by atoms with Gasteiger partial charge in [-0.2, -0.15) is 4.91 Å². The number of nitrogens with zero attached hydrogens (tertiary/aromatic N) is 1. The second-order valence-corrected chi connectivity index (χ2v) is 10.4. The third kappa shape index (κ3) is 10.9. The third-order valence-corrected chi connectivity index (χ3v) is 7.49. The summed E-state index contributed by atoms with van der Waals surface area (Å²) in [7, 11) is 0. The van der Waals surface area contributed by atoms with Crippen LogP contribution in [0.15, 0.2) is 124 Å². The van der Waals surface area contributed by atoms with E-state index in [1.165, 1.54) is 79.2 Å². The summed E-state index contributed by atoms with van der Waals surface area (Å²) in [5.41, 5.74) is 6.89. The molecule has 3 aliphatic carbocycles. The van der Waals surface area contributed by atoms with E-state index in [1.807, 2.05) is 0 Å². The average molecular weight is 496 g/mol. The van der Waals surface area contributed by atoms with Gasteiger partial charge in [0.15, 0.2) is 0 Å². The largest absolute Gasteiger partial charge is 0.151 e. The maximum absolute atomic E-state index is 11.0. The lowest BCUT2D eigenvalue weighted by Gasteiger charge is -2.19. The maximum Gasteiger partial charge on any atom is 0.0851 e. The minimum atomic E-state index is 0.312. The lowest BCUT2D eigenvalue weighted by molar-refractivity contribution is 0.545. The van der Waals surface area contributed by atoms with Crippen LogP contribution in [0.2, 0.25) is 0 Å². The van der Waals surface area contributed by atoms with Gasteiger partial charge < -0.3 is 0 Å². The highest BCUT2D eigenvalue weighted by atomic mass is 16.3. The van der Waals surface area contributed by atoms with E-state index < -0.39 is 0 Å². The zero-order valence-corrected chi connectivity index (χ0v) is 22.8. The lowest BCUT2D eigenvalue weighted by Crippen LogP contribution is -2.05. The van der Waals surface area contributed by atoms with Crippen LogP contribution in [0.25, 0.3) is 0 Å². The van der Waals surface area contributed by atoms with Crippen molar-refractivity contribution < 1.29 is 0 Å². The molecule has 3 rings (SSSR count). The Morgan fingerprint density at radius 3 is 2.00 bits per heavy atom. The Hall–Kier alpha value is -3.00. The van der Waals surface area contributed by atoms with Gasteiger partial charge in [0.1, 0.15) is 0 Å². The molecule has 1 atom stereocenters. The second-order valence-electron chi connectivity index (χ2n) is 10.4. The summed E-state index contributed by atoms with van der Waals surface area (Å²) in [6.45, 7) is 2.64. The third-order valence-electron chi connectivity index (χ3n) is 7.49. The van der Waals surface area contributed by atoms with E-state index in [4.69, 9.17) is 0 Å². The number of allylic oxidation sites excluding steroid dienone is 19. The van der Waals surface area contributed by atoms with E-state index in [-0.39, 0.29) is 0 Å². The van der Waals surface area contributed by atoms with E-state index in [2.05, 4.69) is 103 Å². The van der Waals surface area contributed by atoms with Crippen LogP contribution >= 0.6 is 0 Å². The first-order chi connectivity index (χ1) is 18.3. The minimum absolute atomic E-state index is 0.312. The van der Waals surface area contributed by atoms with Gasteiger partial charge in [-0.15, -0.1) is 0 Å². The van der Waals surface area contributed by atoms with Crippen LogP contribution in [0, 0.1) is 10.8 Å². The summed E-state index contributed by atoms with van der Waals surface area (Å²) >= 11 is 0. The minimum Gasteiger partial charge on any atom is -0.151 e. The molecule has 0 N–H and O–H groups in total. The molecule has 0 spiro atoms. The predicted molar refractivity (Wildman–Crippen MR) is 161 cm³/mol. The van der Waals surface area contributed by atoms with Crippen LogP contribution in [0.1, 0.15) is 84.0 Å². The van der Waals surface area contributed by atoms with Crippen molar-refractivity contribution in [2.45, 2.75) is 84.0 Å². The summed E-state index contributed by atoms with van der Waals surface area (Å²) in [6, 6.07) is 0. The zero-order valence-electron chi connectivity index (χ0n) is 22.8. The van der Waals surface area contributed by atoms with Crippen molar-refractivity contribution in [3.63, 3.8) is 0 Å². The second kappa shape index (κ2) is 17.5. The smallest absolute Gasteiger partial charge is 0.0851 e. The number of hydrogen-bond donors (Lipinski definition) is 0. The molecular weight excluding hydrogens is 450 g/mol. The normalized spacial score (nSPS) is 33.8. The highest BCUT2D eigenvalue weighted by molar-refractivity contribution is 5.41. The topological polar surface area (TPSA) is 29.4 Å². The highest BCUT2D eigenvalue weighted by Gasteiger charge is 2.14. The van der Waals surface area contributed by atoms with E-state index in [1.54, 1.807) is 0 Å². The van der Waals surface area contributed by atoms with Gasteiger partial charge in [-0.25, -0.2) is 0 Å². The zero-order chi connectivity index (χ0) is 26.0. The van der Waals surface area contributed by atoms with Crippen molar-refractivity contribution >= 4 is 0 Å². The molecule has 3 aliphatic rings. The van der Waals surface area contributed by atoms with Gasteiger partial charge in [-0.05, 0) is 85.2 Å². The quantitative estimate of drug-likeness (QED) is 0.358. The summed E-state index contributed by atoms with van der Waals surface area (Å²) in [6.07, 6.45) is 47.1. The van der Waals surface area contributed by atoms with Gasteiger partial charge >= 0.3 is 0 Å². The average Bonchev–Trinajstić information content (AvgIpc) is 2.88. The Labute approximate surface area is 225 Å². The molecule has 1 unspecified atom stereocenters. The molecule has 0 aromatic carbocycles.